The Morgan fingerprint density at radius 1 is 1.47 bits per heavy atom. The van der Waals surface area contributed by atoms with Crippen molar-refractivity contribution in [2.45, 2.75) is 19.9 Å². The lowest BCUT2D eigenvalue weighted by Crippen LogP contribution is -2.13. The number of hydrogen-bond donors (Lipinski definition) is 3. The van der Waals surface area contributed by atoms with Crippen LogP contribution in [0.1, 0.15) is 18.2 Å². The fourth-order valence-electron chi connectivity index (χ4n) is 1.77. The largest absolute Gasteiger partial charge is 0.363 e. The van der Waals surface area contributed by atoms with E-state index in [2.05, 4.69) is 25.8 Å². The zero-order chi connectivity index (χ0) is 13.8. The monoisotopic (exact) mass is 265 g/mol. The molecule has 0 aromatic carbocycles. The average molecular weight is 265 g/mol. The minimum Gasteiger partial charge on any atom is -0.363 e. The summed E-state index contributed by atoms with van der Waals surface area (Å²) >= 11 is 0. The number of aromatic nitrogens is 4. The average Bonchev–Trinajstić information content (AvgIpc) is 2.78. The number of hydrogen-bond acceptors (Lipinski definition) is 6. The number of halogens is 1. The summed E-state index contributed by atoms with van der Waals surface area (Å²) in [5.74, 6) is 4.92. The number of rotatable bonds is 5. The zero-order valence-corrected chi connectivity index (χ0v) is 10.8. The summed E-state index contributed by atoms with van der Waals surface area (Å²) in [6.07, 6.45) is 3.78. The van der Waals surface area contributed by atoms with E-state index in [1.54, 1.807) is 4.68 Å². The van der Waals surface area contributed by atoms with Crippen molar-refractivity contribution < 1.29 is 4.39 Å². The van der Waals surface area contributed by atoms with Gasteiger partial charge in [0, 0.05) is 25.4 Å². The van der Waals surface area contributed by atoms with Gasteiger partial charge in [0.1, 0.15) is 0 Å². The van der Waals surface area contributed by atoms with Crippen LogP contribution in [0, 0.1) is 5.82 Å². The Morgan fingerprint density at radius 3 is 2.95 bits per heavy atom. The van der Waals surface area contributed by atoms with E-state index in [1.807, 2.05) is 20.2 Å². The van der Waals surface area contributed by atoms with Gasteiger partial charge in [-0.1, -0.05) is 6.92 Å². The first-order chi connectivity index (χ1) is 9.13. The van der Waals surface area contributed by atoms with Crippen molar-refractivity contribution in [2.24, 2.45) is 12.9 Å². The van der Waals surface area contributed by atoms with Gasteiger partial charge < -0.3 is 5.32 Å². The number of nitrogen functional groups attached to an aromatic ring is 1. The summed E-state index contributed by atoms with van der Waals surface area (Å²) in [5, 5.41) is 7.23. The molecule has 0 amide bonds. The molecule has 2 rings (SSSR count). The van der Waals surface area contributed by atoms with Crippen molar-refractivity contribution in [1.29, 1.82) is 0 Å². The Kier molecular flexibility index (Phi) is 3.91. The Labute approximate surface area is 110 Å². The van der Waals surface area contributed by atoms with Crippen LogP contribution in [0.4, 0.5) is 16.2 Å². The fourth-order valence-corrected chi connectivity index (χ4v) is 1.77. The maximum atomic E-state index is 13.5. The van der Waals surface area contributed by atoms with Crippen LogP contribution >= 0.6 is 0 Å². The number of nitrogens with one attached hydrogen (secondary N) is 2. The van der Waals surface area contributed by atoms with Crippen molar-refractivity contribution in [1.82, 2.24) is 19.7 Å². The standard InChI is InChI=1S/C11H16FN7/c1-3-9-7(6-19(2)18-9)4-14-10-8(12)5-15-11(16-10)17-13/h5-6H,3-4,13H2,1-2H3,(H2,14,15,16,17). The fraction of sp³-hybridized carbons (Fsp3) is 0.364. The highest BCUT2D eigenvalue weighted by molar-refractivity contribution is 5.41. The van der Waals surface area contributed by atoms with E-state index < -0.39 is 5.82 Å². The summed E-state index contributed by atoms with van der Waals surface area (Å²) in [4.78, 5) is 7.58. The Hall–Kier alpha value is -2.22. The van der Waals surface area contributed by atoms with E-state index in [4.69, 9.17) is 5.84 Å². The summed E-state index contributed by atoms with van der Waals surface area (Å²) in [6.45, 7) is 2.46. The van der Waals surface area contributed by atoms with Gasteiger partial charge in [-0.05, 0) is 6.42 Å². The molecule has 8 heteroatoms. The molecule has 2 heterocycles. The third kappa shape index (κ3) is 2.97. The quantitative estimate of drug-likeness (QED) is 0.547. The van der Waals surface area contributed by atoms with Gasteiger partial charge in [0.2, 0.25) is 5.95 Å². The molecular formula is C11H16FN7. The number of nitrogens with zero attached hydrogens (tertiary/aromatic N) is 4. The maximum absolute atomic E-state index is 13.5. The molecule has 0 radical (unpaired) electrons. The topological polar surface area (TPSA) is 93.7 Å². The molecule has 0 aliphatic heterocycles. The molecule has 0 unspecified atom stereocenters. The van der Waals surface area contributed by atoms with Crippen molar-refractivity contribution in [3.05, 3.63) is 29.5 Å². The van der Waals surface area contributed by atoms with Gasteiger partial charge in [-0.15, -0.1) is 0 Å². The minimum atomic E-state index is -0.527. The first-order valence-corrected chi connectivity index (χ1v) is 5.88. The highest BCUT2D eigenvalue weighted by Crippen LogP contribution is 2.14. The van der Waals surface area contributed by atoms with Crippen molar-refractivity contribution >= 4 is 11.8 Å². The van der Waals surface area contributed by atoms with Crippen LogP contribution in [0.2, 0.25) is 0 Å². The van der Waals surface area contributed by atoms with Gasteiger partial charge in [-0.3, -0.25) is 10.1 Å². The molecule has 7 nitrogen and oxygen atoms in total. The third-order valence-electron chi connectivity index (χ3n) is 2.65. The van der Waals surface area contributed by atoms with E-state index in [-0.39, 0.29) is 11.8 Å². The normalized spacial score (nSPS) is 10.5. The number of anilines is 2. The minimum absolute atomic E-state index is 0.105. The lowest BCUT2D eigenvalue weighted by molar-refractivity contribution is 0.617. The lowest BCUT2D eigenvalue weighted by Gasteiger charge is -2.07. The molecule has 2 aromatic rings. The smallest absolute Gasteiger partial charge is 0.239 e. The van der Waals surface area contributed by atoms with E-state index in [9.17, 15) is 4.39 Å². The van der Waals surface area contributed by atoms with Crippen LogP contribution in [0.25, 0.3) is 0 Å². The van der Waals surface area contributed by atoms with Crippen molar-refractivity contribution in [3.63, 3.8) is 0 Å². The lowest BCUT2D eigenvalue weighted by atomic mass is 10.2. The second-order valence-electron chi connectivity index (χ2n) is 4.02. The molecule has 0 bridgehead atoms. The molecule has 2 aromatic heterocycles. The van der Waals surface area contributed by atoms with Gasteiger partial charge in [0.05, 0.1) is 11.9 Å². The molecular weight excluding hydrogens is 249 g/mol. The number of hydrazine groups is 1. The van der Waals surface area contributed by atoms with E-state index in [1.165, 1.54) is 0 Å². The summed E-state index contributed by atoms with van der Waals surface area (Å²) < 4.78 is 15.3. The third-order valence-corrected chi connectivity index (χ3v) is 2.65. The Bertz CT molecular complexity index is 566. The van der Waals surface area contributed by atoms with Crippen LogP contribution in [0.5, 0.6) is 0 Å². The predicted octanol–water partition coefficient (Wildman–Crippen LogP) is 0.809. The van der Waals surface area contributed by atoms with Crippen LogP contribution in [0.3, 0.4) is 0 Å². The molecule has 0 saturated carbocycles. The molecule has 0 atom stereocenters. The van der Waals surface area contributed by atoms with E-state index in [0.29, 0.717) is 6.54 Å². The first kappa shape index (κ1) is 13.2. The molecule has 0 spiro atoms. The molecule has 0 fully saturated rings. The molecule has 4 N–H and O–H groups in total. The Balaban J connectivity index is 2.13. The van der Waals surface area contributed by atoms with Gasteiger partial charge in [0.25, 0.3) is 0 Å². The summed E-state index contributed by atoms with van der Waals surface area (Å²) in [7, 11) is 1.85. The van der Waals surface area contributed by atoms with E-state index >= 15 is 0 Å². The Morgan fingerprint density at radius 2 is 2.26 bits per heavy atom. The van der Waals surface area contributed by atoms with Crippen molar-refractivity contribution in [3.8, 4) is 0 Å². The summed E-state index contributed by atoms with van der Waals surface area (Å²) in [5.41, 5.74) is 4.25. The second-order valence-corrected chi connectivity index (χ2v) is 4.02. The molecule has 19 heavy (non-hydrogen) atoms. The van der Waals surface area contributed by atoms with Crippen LogP contribution in [-0.2, 0) is 20.0 Å². The van der Waals surface area contributed by atoms with Crippen LogP contribution in [-0.4, -0.2) is 19.7 Å². The first-order valence-electron chi connectivity index (χ1n) is 5.88. The number of nitrogens with two attached hydrogens (primary N) is 1. The molecule has 0 aliphatic carbocycles. The van der Waals surface area contributed by atoms with Gasteiger partial charge in [-0.2, -0.15) is 10.1 Å². The maximum Gasteiger partial charge on any atom is 0.239 e. The molecule has 102 valence electrons. The van der Waals surface area contributed by atoms with Gasteiger partial charge in [-0.25, -0.2) is 15.2 Å². The molecule has 0 aliphatic rings. The highest BCUT2D eigenvalue weighted by Gasteiger charge is 2.09. The van der Waals surface area contributed by atoms with E-state index in [0.717, 1.165) is 23.9 Å². The number of aryl methyl sites for hydroxylation is 2. The molecule has 0 saturated heterocycles. The highest BCUT2D eigenvalue weighted by atomic mass is 19.1. The van der Waals surface area contributed by atoms with Crippen LogP contribution < -0.4 is 16.6 Å². The van der Waals surface area contributed by atoms with Crippen molar-refractivity contribution in [2.75, 3.05) is 10.7 Å². The second kappa shape index (κ2) is 5.61. The zero-order valence-electron chi connectivity index (χ0n) is 10.8. The summed E-state index contributed by atoms with van der Waals surface area (Å²) in [6, 6.07) is 0. The SMILES string of the molecule is CCc1nn(C)cc1CNc1nc(NN)ncc1F. The van der Waals surface area contributed by atoms with Gasteiger partial charge >= 0.3 is 0 Å². The predicted molar refractivity (Wildman–Crippen MR) is 69.7 cm³/mol. The van der Waals surface area contributed by atoms with Gasteiger partial charge in [0.15, 0.2) is 11.6 Å². The van der Waals surface area contributed by atoms with Crippen LogP contribution in [0.15, 0.2) is 12.4 Å².